The minimum atomic E-state index is 0.170. The zero-order valence-electron chi connectivity index (χ0n) is 16.5. The summed E-state index contributed by atoms with van der Waals surface area (Å²) in [5, 5.41) is 0. The van der Waals surface area contributed by atoms with Crippen LogP contribution in [0.15, 0.2) is 24.3 Å². The van der Waals surface area contributed by atoms with E-state index in [0.29, 0.717) is 23.8 Å². The number of ether oxygens (including phenoxy) is 1. The van der Waals surface area contributed by atoms with E-state index < -0.39 is 0 Å². The van der Waals surface area contributed by atoms with E-state index in [-0.39, 0.29) is 12.0 Å². The molecule has 3 rings (SSSR count). The highest BCUT2D eigenvalue weighted by Crippen LogP contribution is 2.42. The fraction of sp³-hybridized carbons (Fsp3) is 0.682. The third-order valence-electron chi connectivity index (χ3n) is 6.61. The van der Waals surface area contributed by atoms with Crippen LogP contribution in [-0.4, -0.2) is 36.5 Å². The lowest BCUT2D eigenvalue weighted by Crippen LogP contribution is -2.51. The molecule has 0 saturated heterocycles. The Hall–Kier alpha value is -1.55. The molecule has 2 saturated carbocycles. The number of nitrogens with two attached hydrogens (primary N) is 1. The minimum absolute atomic E-state index is 0.170. The van der Waals surface area contributed by atoms with E-state index >= 15 is 0 Å². The predicted molar refractivity (Wildman–Crippen MR) is 105 cm³/mol. The zero-order chi connectivity index (χ0) is 18.7. The molecule has 0 aromatic heterocycles. The van der Waals surface area contributed by atoms with Crippen LogP contribution in [0, 0.1) is 17.8 Å². The first-order valence-electron chi connectivity index (χ1n) is 10.2. The molecule has 1 aromatic rings. The van der Waals surface area contributed by atoms with Crippen molar-refractivity contribution in [1.82, 2.24) is 4.90 Å². The number of benzene rings is 1. The van der Waals surface area contributed by atoms with Gasteiger partial charge in [-0.1, -0.05) is 18.6 Å². The Balaban J connectivity index is 1.64. The smallest absolute Gasteiger partial charge is 0.225 e. The molecule has 0 heterocycles. The van der Waals surface area contributed by atoms with Crippen LogP contribution in [0.2, 0.25) is 0 Å². The first kappa shape index (κ1) is 19.2. The molecule has 26 heavy (non-hydrogen) atoms. The number of carbonyl (C=O) groups is 1. The lowest BCUT2D eigenvalue weighted by atomic mass is 9.65. The maximum absolute atomic E-state index is 13.3. The standard InChI is InChI=1S/C22H34N2O2/c1-4-24(15(2)12-16-8-10-20(26-3)11-9-16)22(25)19-13-17-6-5-7-18(14-19)21(17)23/h8-11,15,17-19,21H,4-7,12-14,23H2,1-3H3. The van der Waals surface area contributed by atoms with Crippen LogP contribution in [0.3, 0.4) is 0 Å². The molecule has 2 N–H and O–H groups in total. The largest absolute Gasteiger partial charge is 0.497 e. The van der Waals surface area contributed by atoms with Crippen molar-refractivity contribution in [2.45, 2.75) is 64.5 Å². The number of nitrogens with zero attached hydrogens (tertiary/aromatic N) is 1. The Morgan fingerprint density at radius 1 is 1.23 bits per heavy atom. The molecule has 1 aromatic carbocycles. The quantitative estimate of drug-likeness (QED) is 0.845. The maximum Gasteiger partial charge on any atom is 0.225 e. The van der Waals surface area contributed by atoms with Crippen molar-refractivity contribution < 1.29 is 9.53 Å². The Kier molecular flexibility index (Phi) is 6.23. The summed E-state index contributed by atoms with van der Waals surface area (Å²) in [4.78, 5) is 15.3. The monoisotopic (exact) mass is 358 g/mol. The van der Waals surface area contributed by atoms with Gasteiger partial charge in [0.1, 0.15) is 5.75 Å². The number of amides is 1. The van der Waals surface area contributed by atoms with Gasteiger partial charge in [-0.05, 0) is 75.5 Å². The van der Waals surface area contributed by atoms with Crippen molar-refractivity contribution in [2.24, 2.45) is 23.5 Å². The van der Waals surface area contributed by atoms with E-state index in [1.807, 2.05) is 12.1 Å². The van der Waals surface area contributed by atoms with Gasteiger partial charge in [-0.15, -0.1) is 0 Å². The molecule has 3 unspecified atom stereocenters. The molecule has 4 nitrogen and oxygen atoms in total. The summed E-state index contributed by atoms with van der Waals surface area (Å²) in [7, 11) is 1.68. The molecule has 1 amide bonds. The predicted octanol–water partition coefficient (Wildman–Crippen LogP) is 3.63. The van der Waals surface area contributed by atoms with E-state index in [0.717, 1.165) is 31.6 Å². The van der Waals surface area contributed by atoms with Gasteiger partial charge in [0.25, 0.3) is 0 Å². The van der Waals surface area contributed by atoms with Crippen LogP contribution in [0.1, 0.15) is 51.5 Å². The lowest BCUT2D eigenvalue weighted by molar-refractivity contribution is -0.140. The minimum Gasteiger partial charge on any atom is -0.497 e. The van der Waals surface area contributed by atoms with Crippen LogP contribution in [0.25, 0.3) is 0 Å². The highest BCUT2D eigenvalue weighted by molar-refractivity contribution is 5.79. The van der Waals surface area contributed by atoms with Gasteiger partial charge in [0.15, 0.2) is 0 Å². The summed E-state index contributed by atoms with van der Waals surface area (Å²) in [5.41, 5.74) is 7.65. The summed E-state index contributed by atoms with van der Waals surface area (Å²) in [6.45, 7) is 5.03. The topological polar surface area (TPSA) is 55.6 Å². The van der Waals surface area contributed by atoms with Crippen molar-refractivity contribution in [3.05, 3.63) is 29.8 Å². The third-order valence-corrected chi connectivity index (χ3v) is 6.61. The number of methoxy groups -OCH3 is 1. The SMILES string of the molecule is CCN(C(=O)C1CC2CCCC(C1)C2N)C(C)Cc1ccc(OC)cc1. The molecule has 0 spiro atoms. The van der Waals surface area contributed by atoms with Gasteiger partial charge in [0, 0.05) is 24.5 Å². The highest BCUT2D eigenvalue weighted by Gasteiger charge is 2.41. The summed E-state index contributed by atoms with van der Waals surface area (Å²) in [6, 6.07) is 8.69. The summed E-state index contributed by atoms with van der Waals surface area (Å²) in [5.74, 6) is 2.48. The number of hydrogen-bond donors (Lipinski definition) is 1. The van der Waals surface area contributed by atoms with Crippen LogP contribution >= 0.6 is 0 Å². The second-order valence-electron chi connectivity index (χ2n) is 8.22. The zero-order valence-corrected chi connectivity index (χ0v) is 16.5. The van der Waals surface area contributed by atoms with Crippen molar-refractivity contribution >= 4 is 5.91 Å². The van der Waals surface area contributed by atoms with Gasteiger partial charge >= 0.3 is 0 Å². The number of carbonyl (C=O) groups excluding carboxylic acids is 1. The molecule has 2 aliphatic rings. The molecule has 2 bridgehead atoms. The lowest BCUT2D eigenvalue weighted by Gasteiger charge is -2.45. The average Bonchev–Trinajstić information content (AvgIpc) is 2.62. The summed E-state index contributed by atoms with van der Waals surface area (Å²) >= 11 is 0. The van der Waals surface area contributed by atoms with Gasteiger partial charge in [0.05, 0.1) is 7.11 Å². The second kappa shape index (κ2) is 8.43. The fourth-order valence-corrected chi connectivity index (χ4v) is 5.12. The van der Waals surface area contributed by atoms with Crippen molar-refractivity contribution in [3.8, 4) is 5.75 Å². The van der Waals surface area contributed by atoms with E-state index in [4.69, 9.17) is 10.5 Å². The number of rotatable bonds is 6. The Bertz CT molecular complexity index is 587. The van der Waals surface area contributed by atoms with Crippen LogP contribution < -0.4 is 10.5 Å². The van der Waals surface area contributed by atoms with Gasteiger partial charge in [0.2, 0.25) is 5.91 Å². The average molecular weight is 359 g/mol. The van der Waals surface area contributed by atoms with Crippen molar-refractivity contribution in [1.29, 1.82) is 0 Å². The fourth-order valence-electron chi connectivity index (χ4n) is 5.12. The third kappa shape index (κ3) is 4.06. The molecular formula is C22H34N2O2. The Labute approximate surface area is 158 Å². The number of fused-ring (bicyclic) bond motifs is 2. The molecule has 2 fully saturated rings. The van der Waals surface area contributed by atoms with Crippen molar-refractivity contribution in [2.75, 3.05) is 13.7 Å². The molecule has 144 valence electrons. The van der Waals surface area contributed by atoms with E-state index in [9.17, 15) is 4.79 Å². The van der Waals surface area contributed by atoms with Gasteiger partial charge in [-0.3, -0.25) is 4.79 Å². The van der Waals surface area contributed by atoms with Crippen LogP contribution in [-0.2, 0) is 11.2 Å². The number of likely N-dealkylation sites (N-methyl/N-ethyl adjacent to an activating group) is 1. The molecule has 4 heteroatoms. The van der Waals surface area contributed by atoms with E-state index in [1.54, 1.807) is 7.11 Å². The van der Waals surface area contributed by atoms with Gasteiger partial charge in [-0.25, -0.2) is 0 Å². The Morgan fingerprint density at radius 3 is 2.38 bits per heavy atom. The summed E-state index contributed by atoms with van der Waals surface area (Å²) < 4.78 is 5.23. The molecule has 3 atom stereocenters. The van der Waals surface area contributed by atoms with Crippen molar-refractivity contribution in [3.63, 3.8) is 0 Å². The highest BCUT2D eigenvalue weighted by atomic mass is 16.5. The first-order chi connectivity index (χ1) is 12.5. The Morgan fingerprint density at radius 2 is 1.85 bits per heavy atom. The van der Waals surface area contributed by atoms with E-state index in [1.165, 1.54) is 24.8 Å². The summed E-state index contributed by atoms with van der Waals surface area (Å²) in [6.07, 6.45) is 6.55. The molecular weight excluding hydrogens is 324 g/mol. The maximum atomic E-state index is 13.3. The first-order valence-corrected chi connectivity index (χ1v) is 10.2. The van der Waals surface area contributed by atoms with Gasteiger partial charge in [-0.2, -0.15) is 0 Å². The molecule has 2 aliphatic carbocycles. The van der Waals surface area contributed by atoms with Gasteiger partial charge < -0.3 is 15.4 Å². The number of hydrogen-bond acceptors (Lipinski definition) is 3. The second-order valence-corrected chi connectivity index (χ2v) is 8.22. The molecule has 0 aliphatic heterocycles. The molecule has 0 radical (unpaired) electrons. The van der Waals surface area contributed by atoms with E-state index in [2.05, 4.69) is 30.9 Å². The van der Waals surface area contributed by atoms with Crippen LogP contribution in [0.4, 0.5) is 0 Å². The normalized spacial score (nSPS) is 29.1. The van der Waals surface area contributed by atoms with Crippen LogP contribution in [0.5, 0.6) is 5.75 Å².